The van der Waals surface area contributed by atoms with E-state index in [1.807, 2.05) is 35.9 Å². The van der Waals surface area contributed by atoms with Gasteiger partial charge in [0.25, 0.3) is 0 Å². The van der Waals surface area contributed by atoms with Crippen molar-refractivity contribution in [3.05, 3.63) is 24.3 Å². The number of benzene rings is 1. The van der Waals surface area contributed by atoms with Gasteiger partial charge in [-0.3, -0.25) is 9.59 Å². The first-order chi connectivity index (χ1) is 11.8. The molecule has 0 saturated heterocycles. The van der Waals surface area contributed by atoms with Gasteiger partial charge >= 0.3 is 0 Å². The lowest BCUT2D eigenvalue weighted by atomic mass is 9.52. The zero-order valence-electron chi connectivity index (χ0n) is 15.3. The van der Waals surface area contributed by atoms with Crippen LogP contribution in [0.15, 0.2) is 24.3 Å². The van der Waals surface area contributed by atoms with Crippen molar-refractivity contribution in [2.75, 3.05) is 0 Å². The molecular formula is C19H26N4O2. The zero-order chi connectivity index (χ0) is 18.2. The molecule has 3 atom stereocenters. The summed E-state index contributed by atoms with van der Waals surface area (Å²) in [6.45, 7) is 8.37. The topological polar surface area (TPSA) is 76.9 Å². The number of amides is 1. The smallest absolute Gasteiger partial charge is 0.220 e. The molecule has 1 aliphatic carbocycles. The van der Waals surface area contributed by atoms with Gasteiger partial charge in [0.1, 0.15) is 11.3 Å². The second-order valence-corrected chi connectivity index (χ2v) is 7.85. The maximum atomic E-state index is 12.4. The number of aromatic nitrogens is 3. The van der Waals surface area contributed by atoms with E-state index in [2.05, 4.69) is 29.5 Å². The van der Waals surface area contributed by atoms with Crippen molar-refractivity contribution in [1.82, 2.24) is 20.3 Å². The highest BCUT2D eigenvalue weighted by atomic mass is 16.1. The molecule has 3 rings (SSSR count). The molecule has 1 amide bonds. The van der Waals surface area contributed by atoms with Crippen LogP contribution < -0.4 is 5.32 Å². The lowest BCUT2D eigenvalue weighted by Crippen LogP contribution is -2.50. The highest BCUT2D eigenvalue weighted by Crippen LogP contribution is 2.53. The monoisotopic (exact) mass is 342 g/mol. The molecule has 1 aliphatic rings. The minimum atomic E-state index is -0.0888. The Labute approximate surface area is 148 Å². The number of nitrogens with zero attached hydrogens (tertiary/aromatic N) is 3. The fourth-order valence-electron chi connectivity index (χ4n) is 3.97. The van der Waals surface area contributed by atoms with Crippen molar-refractivity contribution in [2.45, 2.75) is 53.1 Å². The third-order valence-corrected chi connectivity index (χ3v) is 5.67. The van der Waals surface area contributed by atoms with Gasteiger partial charge in [0, 0.05) is 18.4 Å². The molecule has 0 bridgehead atoms. The summed E-state index contributed by atoms with van der Waals surface area (Å²) in [5.74, 6) is 0.620. The third-order valence-electron chi connectivity index (χ3n) is 5.67. The summed E-state index contributed by atoms with van der Waals surface area (Å²) in [4.78, 5) is 24.0. The number of para-hydroxylation sites is 1. The van der Waals surface area contributed by atoms with E-state index in [1.54, 1.807) is 6.92 Å². The first-order valence-corrected chi connectivity index (χ1v) is 8.87. The summed E-state index contributed by atoms with van der Waals surface area (Å²) in [5, 5.41) is 11.3. The fourth-order valence-corrected chi connectivity index (χ4v) is 3.97. The Morgan fingerprint density at radius 2 is 2.08 bits per heavy atom. The summed E-state index contributed by atoms with van der Waals surface area (Å²) in [6.07, 6.45) is 1.29. The van der Waals surface area contributed by atoms with Gasteiger partial charge in [0.15, 0.2) is 0 Å². The maximum absolute atomic E-state index is 12.4. The van der Waals surface area contributed by atoms with E-state index < -0.39 is 0 Å². The van der Waals surface area contributed by atoms with Crippen LogP contribution in [0.4, 0.5) is 0 Å². The molecule has 0 spiro atoms. The lowest BCUT2D eigenvalue weighted by Gasteiger charge is -2.51. The molecule has 134 valence electrons. The van der Waals surface area contributed by atoms with E-state index >= 15 is 0 Å². The predicted octanol–water partition coefficient (Wildman–Crippen LogP) is 2.58. The number of carbonyl (C=O) groups excluding carboxylic acids is 2. The summed E-state index contributed by atoms with van der Waals surface area (Å²) >= 11 is 0. The van der Waals surface area contributed by atoms with Crippen molar-refractivity contribution in [1.29, 1.82) is 0 Å². The SMILES string of the molecule is CC(=O)[C@@H]1C[C@H](CC(=O)N[C@@H](C)Cn2nnc3ccccc32)C1(C)C. The molecule has 1 saturated carbocycles. The number of carbonyl (C=O) groups is 2. The molecule has 0 unspecified atom stereocenters. The molecule has 2 aromatic rings. The normalized spacial score (nSPS) is 23.0. The minimum absolute atomic E-state index is 0.0376. The highest BCUT2D eigenvalue weighted by molar-refractivity contribution is 5.81. The molecule has 0 aliphatic heterocycles. The van der Waals surface area contributed by atoms with Gasteiger partial charge in [0.05, 0.1) is 12.1 Å². The molecule has 0 radical (unpaired) electrons. The average Bonchev–Trinajstić information content (AvgIpc) is 2.93. The number of hydrogen-bond donors (Lipinski definition) is 1. The Kier molecular flexibility index (Phi) is 4.62. The van der Waals surface area contributed by atoms with Crippen LogP contribution in [-0.2, 0) is 16.1 Å². The Morgan fingerprint density at radius 1 is 1.36 bits per heavy atom. The van der Waals surface area contributed by atoms with E-state index in [-0.39, 0.29) is 35.0 Å². The van der Waals surface area contributed by atoms with Crippen LogP contribution >= 0.6 is 0 Å². The second-order valence-electron chi connectivity index (χ2n) is 7.85. The van der Waals surface area contributed by atoms with Gasteiger partial charge in [-0.1, -0.05) is 31.2 Å². The van der Waals surface area contributed by atoms with Crippen molar-refractivity contribution >= 4 is 22.7 Å². The van der Waals surface area contributed by atoms with Gasteiger partial charge < -0.3 is 5.32 Å². The second kappa shape index (κ2) is 6.58. The Balaban J connectivity index is 1.54. The molecule has 6 heteroatoms. The third kappa shape index (κ3) is 3.43. The van der Waals surface area contributed by atoms with Gasteiger partial charge in [-0.05, 0) is 43.7 Å². The largest absolute Gasteiger partial charge is 0.352 e. The molecule has 1 N–H and O–H groups in total. The highest BCUT2D eigenvalue weighted by Gasteiger charge is 2.50. The Bertz CT molecular complexity index is 796. The van der Waals surface area contributed by atoms with E-state index in [4.69, 9.17) is 0 Å². The van der Waals surface area contributed by atoms with Gasteiger partial charge in [-0.2, -0.15) is 0 Å². The summed E-state index contributed by atoms with van der Waals surface area (Å²) in [7, 11) is 0. The van der Waals surface area contributed by atoms with Crippen LogP contribution in [0.2, 0.25) is 0 Å². The number of rotatable bonds is 6. The van der Waals surface area contributed by atoms with Crippen molar-refractivity contribution in [3.63, 3.8) is 0 Å². The minimum Gasteiger partial charge on any atom is -0.352 e. The number of hydrogen-bond acceptors (Lipinski definition) is 4. The maximum Gasteiger partial charge on any atom is 0.220 e. The fraction of sp³-hybridized carbons (Fsp3) is 0.579. The number of Topliss-reactive ketones (excluding diaryl/α,β-unsaturated/α-hetero) is 1. The molecule has 25 heavy (non-hydrogen) atoms. The van der Waals surface area contributed by atoms with Crippen LogP contribution in [0.3, 0.4) is 0 Å². The first-order valence-electron chi connectivity index (χ1n) is 8.87. The molecule has 6 nitrogen and oxygen atoms in total. The molecule has 1 aromatic carbocycles. The van der Waals surface area contributed by atoms with Crippen LogP contribution in [-0.4, -0.2) is 32.7 Å². The van der Waals surface area contributed by atoms with Gasteiger partial charge in [-0.25, -0.2) is 4.68 Å². The van der Waals surface area contributed by atoms with E-state index in [0.717, 1.165) is 17.5 Å². The van der Waals surface area contributed by atoms with E-state index in [0.29, 0.717) is 13.0 Å². The molecule has 1 fully saturated rings. The molecular weight excluding hydrogens is 316 g/mol. The van der Waals surface area contributed by atoms with Crippen LogP contribution in [0.5, 0.6) is 0 Å². The lowest BCUT2D eigenvalue weighted by molar-refractivity contribution is -0.141. The zero-order valence-corrected chi connectivity index (χ0v) is 15.3. The quantitative estimate of drug-likeness (QED) is 0.875. The van der Waals surface area contributed by atoms with Gasteiger partial charge in [-0.15, -0.1) is 5.10 Å². The molecule has 1 heterocycles. The number of fused-ring (bicyclic) bond motifs is 1. The number of nitrogens with one attached hydrogen (secondary N) is 1. The van der Waals surface area contributed by atoms with Crippen LogP contribution in [0, 0.1) is 17.3 Å². The van der Waals surface area contributed by atoms with Crippen LogP contribution in [0.25, 0.3) is 11.0 Å². The average molecular weight is 342 g/mol. The van der Waals surface area contributed by atoms with Crippen LogP contribution in [0.1, 0.15) is 40.5 Å². The van der Waals surface area contributed by atoms with Crippen molar-refractivity contribution in [3.8, 4) is 0 Å². The van der Waals surface area contributed by atoms with Crippen molar-refractivity contribution < 1.29 is 9.59 Å². The summed E-state index contributed by atoms with van der Waals surface area (Å²) < 4.78 is 1.82. The van der Waals surface area contributed by atoms with E-state index in [1.165, 1.54) is 0 Å². The first kappa shape index (κ1) is 17.6. The Morgan fingerprint density at radius 3 is 2.76 bits per heavy atom. The van der Waals surface area contributed by atoms with Crippen molar-refractivity contribution in [2.24, 2.45) is 17.3 Å². The Hall–Kier alpha value is -2.24. The van der Waals surface area contributed by atoms with E-state index in [9.17, 15) is 9.59 Å². The summed E-state index contributed by atoms with van der Waals surface area (Å²) in [5.41, 5.74) is 1.73. The standard InChI is InChI=1S/C19H26N4O2/c1-12(11-23-17-8-6-5-7-16(17)21-22-23)20-18(25)10-14-9-15(13(2)24)19(14,3)4/h5-8,12,14-15H,9-11H2,1-4H3,(H,20,25)/t12-,14+,15-/m0/s1. The molecule has 1 aromatic heterocycles. The van der Waals surface area contributed by atoms with Gasteiger partial charge in [0.2, 0.25) is 5.91 Å². The summed E-state index contributed by atoms with van der Waals surface area (Å²) in [6, 6.07) is 7.75. The number of ketones is 1. The predicted molar refractivity (Wildman–Crippen MR) is 95.8 cm³/mol.